The van der Waals surface area contributed by atoms with E-state index in [2.05, 4.69) is 15.9 Å². The highest BCUT2D eigenvalue weighted by atomic mass is 79.9. The number of carboxylic acids is 1. The minimum atomic E-state index is -1.19. The van der Waals surface area contributed by atoms with Gasteiger partial charge in [0.15, 0.2) is 11.6 Å². The van der Waals surface area contributed by atoms with Crippen LogP contribution < -0.4 is 4.74 Å². The summed E-state index contributed by atoms with van der Waals surface area (Å²) in [6, 6.07) is 2.62. The summed E-state index contributed by atoms with van der Waals surface area (Å²) in [6.45, 7) is 5.35. The van der Waals surface area contributed by atoms with Crippen molar-refractivity contribution in [2.24, 2.45) is 0 Å². The van der Waals surface area contributed by atoms with E-state index in [4.69, 9.17) is 9.84 Å². The second-order valence-corrected chi connectivity index (χ2v) is 5.05. The number of carboxylic acid groups (broad SMARTS) is 1. The van der Waals surface area contributed by atoms with Gasteiger partial charge >= 0.3 is 5.97 Å². The molecule has 0 bridgehead atoms. The summed E-state index contributed by atoms with van der Waals surface area (Å²) in [5.74, 6) is -1.85. The zero-order chi connectivity index (χ0) is 12.5. The number of hydrogen-bond acceptors (Lipinski definition) is 2. The maximum Gasteiger partial charge on any atom is 0.336 e. The number of benzene rings is 1. The lowest BCUT2D eigenvalue weighted by atomic mass is 10.1. The topological polar surface area (TPSA) is 46.5 Å². The van der Waals surface area contributed by atoms with Crippen LogP contribution in [0, 0.1) is 5.82 Å². The van der Waals surface area contributed by atoms with Crippen molar-refractivity contribution in [2.45, 2.75) is 26.4 Å². The molecule has 0 saturated carbocycles. The molecular weight excluding hydrogens is 279 g/mol. The lowest BCUT2D eigenvalue weighted by molar-refractivity contribution is 0.0695. The highest BCUT2D eigenvalue weighted by molar-refractivity contribution is 9.10. The Bertz CT molecular complexity index is 424. The Labute approximate surface area is 101 Å². The van der Waals surface area contributed by atoms with Crippen LogP contribution in [-0.2, 0) is 0 Å². The third-order valence-corrected chi connectivity index (χ3v) is 2.47. The van der Waals surface area contributed by atoms with E-state index in [1.165, 1.54) is 12.1 Å². The quantitative estimate of drug-likeness (QED) is 0.907. The highest BCUT2D eigenvalue weighted by Gasteiger charge is 2.20. The van der Waals surface area contributed by atoms with Crippen molar-refractivity contribution in [3.8, 4) is 5.75 Å². The van der Waals surface area contributed by atoms with Crippen LogP contribution in [0.4, 0.5) is 4.39 Å². The molecule has 0 aliphatic rings. The van der Waals surface area contributed by atoms with Crippen molar-refractivity contribution in [3.05, 3.63) is 28.0 Å². The minimum absolute atomic E-state index is 0.0318. The monoisotopic (exact) mass is 290 g/mol. The molecule has 1 aromatic carbocycles. The standard InChI is InChI=1S/C11H12BrFO3/c1-11(2,3)16-7-5-4-6(10(14)15)8(12)9(7)13/h4-5H,1-3H3,(H,14,15). The van der Waals surface area contributed by atoms with Crippen LogP contribution in [0.2, 0.25) is 0 Å². The number of carbonyl (C=O) groups is 1. The van der Waals surface area contributed by atoms with E-state index in [1.54, 1.807) is 20.8 Å². The summed E-state index contributed by atoms with van der Waals surface area (Å²) < 4.78 is 19.0. The molecule has 1 aromatic rings. The lowest BCUT2D eigenvalue weighted by Gasteiger charge is -2.22. The first kappa shape index (κ1) is 13.0. The smallest absolute Gasteiger partial charge is 0.336 e. The van der Waals surface area contributed by atoms with E-state index in [0.29, 0.717) is 0 Å². The van der Waals surface area contributed by atoms with Gasteiger partial charge in [0.2, 0.25) is 0 Å². The molecule has 1 N–H and O–H groups in total. The average Bonchev–Trinajstić information content (AvgIpc) is 2.10. The number of ether oxygens (including phenoxy) is 1. The molecule has 0 aliphatic carbocycles. The van der Waals surface area contributed by atoms with Gasteiger partial charge in [-0.25, -0.2) is 9.18 Å². The normalized spacial score (nSPS) is 11.3. The average molecular weight is 291 g/mol. The van der Waals surface area contributed by atoms with Crippen LogP contribution >= 0.6 is 15.9 Å². The van der Waals surface area contributed by atoms with Crippen LogP contribution in [-0.4, -0.2) is 16.7 Å². The predicted molar refractivity (Wildman–Crippen MR) is 61.4 cm³/mol. The highest BCUT2D eigenvalue weighted by Crippen LogP contribution is 2.30. The van der Waals surface area contributed by atoms with Crippen LogP contribution in [0.1, 0.15) is 31.1 Å². The van der Waals surface area contributed by atoms with Gasteiger partial charge in [-0.3, -0.25) is 0 Å². The molecule has 0 spiro atoms. The van der Waals surface area contributed by atoms with Crippen molar-refractivity contribution < 1.29 is 19.0 Å². The molecular formula is C11H12BrFO3. The lowest BCUT2D eigenvalue weighted by Crippen LogP contribution is -2.23. The molecule has 0 aliphatic heterocycles. The van der Waals surface area contributed by atoms with Gasteiger partial charge in [-0.2, -0.15) is 0 Å². The first-order valence-electron chi connectivity index (χ1n) is 4.62. The molecule has 0 unspecified atom stereocenters. The second-order valence-electron chi connectivity index (χ2n) is 4.26. The molecule has 0 atom stereocenters. The van der Waals surface area contributed by atoms with Crippen LogP contribution in [0.15, 0.2) is 16.6 Å². The number of aromatic carboxylic acids is 1. The predicted octanol–water partition coefficient (Wildman–Crippen LogP) is 3.46. The molecule has 0 aromatic heterocycles. The molecule has 88 valence electrons. The summed E-state index contributed by atoms with van der Waals surface area (Å²) in [5, 5.41) is 8.78. The van der Waals surface area contributed by atoms with E-state index < -0.39 is 17.4 Å². The van der Waals surface area contributed by atoms with Gasteiger partial charge < -0.3 is 9.84 Å². The fourth-order valence-electron chi connectivity index (χ4n) is 1.11. The third-order valence-electron chi connectivity index (χ3n) is 1.69. The third kappa shape index (κ3) is 2.95. The Kier molecular flexibility index (Phi) is 3.57. The van der Waals surface area contributed by atoms with Gasteiger partial charge in [0.05, 0.1) is 10.0 Å². The van der Waals surface area contributed by atoms with Gasteiger partial charge in [0.25, 0.3) is 0 Å². The summed E-state index contributed by atoms with van der Waals surface area (Å²) in [4.78, 5) is 10.7. The largest absolute Gasteiger partial charge is 0.485 e. The van der Waals surface area contributed by atoms with Gasteiger partial charge in [-0.1, -0.05) is 0 Å². The van der Waals surface area contributed by atoms with Crippen LogP contribution in [0.5, 0.6) is 5.75 Å². The van der Waals surface area contributed by atoms with Crippen LogP contribution in [0.3, 0.4) is 0 Å². The van der Waals surface area contributed by atoms with E-state index in [0.717, 1.165) is 0 Å². The van der Waals surface area contributed by atoms with E-state index in [-0.39, 0.29) is 15.8 Å². The fourth-order valence-corrected chi connectivity index (χ4v) is 1.60. The molecule has 0 heterocycles. The van der Waals surface area contributed by atoms with Crippen molar-refractivity contribution >= 4 is 21.9 Å². The van der Waals surface area contributed by atoms with Gasteiger partial charge in [0.1, 0.15) is 5.60 Å². The molecule has 0 radical (unpaired) electrons. The zero-order valence-electron chi connectivity index (χ0n) is 9.17. The maximum atomic E-state index is 13.7. The number of rotatable bonds is 2. The summed E-state index contributed by atoms with van der Waals surface area (Å²) in [6.07, 6.45) is 0. The first-order valence-corrected chi connectivity index (χ1v) is 5.42. The Morgan fingerprint density at radius 3 is 2.44 bits per heavy atom. The molecule has 0 saturated heterocycles. The van der Waals surface area contributed by atoms with Crippen molar-refractivity contribution in [3.63, 3.8) is 0 Å². The van der Waals surface area contributed by atoms with Gasteiger partial charge in [-0.05, 0) is 48.8 Å². The van der Waals surface area contributed by atoms with E-state index >= 15 is 0 Å². The summed E-state index contributed by atoms with van der Waals surface area (Å²) >= 11 is 2.90. The molecule has 3 nitrogen and oxygen atoms in total. The molecule has 16 heavy (non-hydrogen) atoms. The Morgan fingerprint density at radius 1 is 1.44 bits per heavy atom. The summed E-state index contributed by atoms with van der Waals surface area (Å²) in [7, 11) is 0. The number of hydrogen-bond donors (Lipinski definition) is 1. The Hall–Kier alpha value is -1.10. The molecule has 0 amide bonds. The number of halogens is 2. The van der Waals surface area contributed by atoms with Crippen molar-refractivity contribution in [2.75, 3.05) is 0 Å². The SMILES string of the molecule is CC(C)(C)Oc1ccc(C(=O)O)c(Br)c1F. The van der Waals surface area contributed by atoms with Crippen molar-refractivity contribution in [1.82, 2.24) is 0 Å². The first-order chi connectivity index (χ1) is 7.22. The van der Waals surface area contributed by atoms with E-state index in [9.17, 15) is 9.18 Å². The van der Waals surface area contributed by atoms with Gasteiger partial charge in [0, 0.05) is 0 Å². The zero-order valence-corrected chi connectivity index (χ0v) is 10.8. The molecule has 0 fully saturated rings. The van der Waals surface area contributed by atoms with Crippen molar-refractivity contribution in [1.29, 1.82) is 0 Å². The minimum Gasteiger partial charge on any atom is -0.485 e. The van der Waals surface area contributed by atoms with Gasteiger partial charge in [-0.15, -0.1) is 0 Å². The Morgan fingerprint density at radius 2 is 2.00 bits per heavy atom. The van der Waals surface area contributed by atoms with Crippen LogP contribution in [0.25, 0.3) is 0 Å². The maximum absolute atomic E-state index is 13.7. The fraction of sp³-hybridized carbons (Fsp3) is 0.364. The molecule has 5 heteroatoms. The molecule has 1 rings (SSSR count). The summed E-state index contributed by atoms with van der Waals surface area (Å²) in [5.41, 5.74) is -0.663. The van der Waals surface area contributed by atoms with E-state index in [1.807, 2.05) is 0 Å². The Balaban J connectivity index is 3.17. The second kappa shape index (κ2) is 4.41.